The van der Waals surface area contributed by atoms with Crippen LogP contribution in [0.4, 0.5) is 0 Å². The third-order valence-corrected chi connectivity index (χ3v) is 3.27. The SMILES string of the molecule is CCNC(C1CC1)C1CN(C)CCO1. The van der Waals surface area contributed by atoms with Crippen LogP contribution in [-0.4, -0.2) is 50.3 Å². The van der Waals surface area contributed by atoms with E-state index >= 15 is 0 Å². The Morgan fingerprint density at radius 3 is 2.86 bits per heavy atom. The molecule has 1 aliphatic carbocycles. The summed E-state index contributed by atoms with van der Waals surface area (Å²) >= 11 is 0. The third kappa shape index (κ3) is 2.47. The summed E-state index contributed by atoms with van der Waals surface area (Å²) in [5.74, 6) is 0.881. The molecule has 0 spiro atoms. The van der Waals surface area contributed by atoms with Crippen molar-refractivity contribution in [3.8, 4) is 0 Å². The summed E-state index contributed by atoms with van der Waals surface area (Å²) in [6.07, 6.45) is 3.20. The van der Waals surface area contributed by atoms with Gasteiger partial charge in [-0.1, -0.05) is 6.92 Å². The van der Waals surface area contributed by atoms with Crippen LogP contribution in [0.3, 0.4) is 0 Å². The molecule has 14 heavy (non-hydrogen) atoms. The highest BCUT2D eigenvalue weighted by Crippen LogP contribution is 2.35. The predicted molar refractivity (Wildman–Crippen MR) is 57.4 cm³/mol. The summed E-state index contributed by atoms with van der Waals surface area (Å²) < 4.78 is 5.86. The Kier molecular flexibility index (Phi) is 3.42. The van der Waals surface area contributed by atoms with Crippen LogP contribution < -0.4 is 5.32 Å². The van der Waals surface area contributed by atoms with Crippen LogP contribution in [-0.2, 0) is 4.74 Å². The number of hydrogen-bond acceptors (Lipinski definition) is 3. The Morgan fingerprint density at radius 1 is 1.50 bits per heavy atom. The average Bonchev–Trinajstić information content (AvgIpc) is 2.97. The molecule has 1 aliphatic heterocycles. The second kappa shape index (κ2) is 4.60. The Balaban J connectivity index is 1.88. The highest BCUT2D eigenvalue weighted by molar-refractivity contribution is 4.93. The van der Waals surface area contributed by atoms with E-state index in [1.807, 2.05) is 0 Å². The zero-order valence-corrected chi connectivity index (χ0v) is 9.33. The fraction of sp³-hybridized carbons (Fsp3) is 1.00. The first-order valence-electron chi connectivity index (χ1n) is 5.84. The molecule has 1 N–H and O–H groups in total. The number of morpholine rings is 1. The number of nitrogens with zero attached hydrogens (tertiary/aromatic N) is 1. The zero-order valence-electron chi connectivity index (χ0n) is 9.33. The van der Waals surface area contributed by atoms with Crippen LogP contribution in [0.25, 0.3) is 0 Å². The van der Waals surface area contributed by atoms with Gasteiger partial charge in [0.2, 0.25) is 0 Å². The van der Waals surface area contributed by atoms with Crippen LogP contribution in [0.2, 0.25) is 0 Å². The van der Waals surface area contributed by atoms with Crippen LogP contribution in [0.5, 0.6) is 0 Å². The van der Waals surface area contributed by atoms with E-state index in [4.69, 9.17) is 4.74 Å². The molecular formula is C11H22N2O. The van der Waals surface area contributed by atoms with Crippen molar-refractivity contribution in [2.45, 2.75) is 31.9 Å². The summed E-state index contributed by atoms with van der Waals surface area (Å²) in [6, 6.07) is 0.600. The quantitative estimate of drug-likeness (QED) is 0.720. The van der Waals surface area contributed by atoms with E-state index in [2.05, 4.69) is 24.2 Å². The van der Waals surface area contributed by atoms with Gasteiger partial charge in [0.05, 0.1) is 12.7 Å². The van der Waals surface area contributed by atoms with Crippen molar-refractivity contribution in [2.24, 2.45) is 5.92 Å². The lowest BCUT2D eigenvalue weighted by Gasteiger charge is -2.35. The molecule has 0 radical (unpaired) electrons. The van der Waals surface area contributed by atoms with Gasteiger partial charge in [-0.2, -0.15) is 0 Å². The summed E-state index contributed by atoms with van der Waals surface area (Å²) in [5, 5.41) is 3.58. The van der Waals surface area contributed by atoms with Crippen LogP contribution in [0.1, 0.15) is 19.8 Å². The molecule has 0 aromatic carbocycles. The van der Waals surface area contributed by atoms with Gasteiger partial charge in [-0.05, 0) is 32.4 Å². The Hall–Kier alpha value is -0.120. The van der Waals surface area contributed by atoms with Crippen molar-refractivity contribution < 1.29 is 4.74 Å². The van der Waals surface area contributed by atoms with E-state index < -0.39 is 0 Å². The predicted octanol–water partition coefficient (Wildman–Crippen LogP) is 0.705. The highest BCUT2D eigenvalue weighted by Gasteiger charge is 2.37. The summed E-state index contributed by atoms with van der Waals surface area (Å²) in [5.41, 5.74) is 0. The van der Waals surface area contributed by atoms with Crippen LogP contribution in [0.15, 0.2) is 0 Å². The molecule has 2 atom stereocenters. The van der Waals surface area contributed by atoms with E-state index in [1.165, 1.54) is 12.8 Å². The number of hydrogen-bond donors (Lipinski definition) is 1. The first-order valence-corrected chi connectivity index (χ1v) is 5.84. The number of ether oxygens (including phenoxy) is 1. The van der Waals surface area contributed by atoms with Crippen molar-refractivity contribution in [1.82, 2.24) is 10.2 Å². The van der Waals surface area contributed by atoms with Crippen LogP contribution in [0, 0.1) is 5.92 Å². The van der Waals surface area contributed by atoms with Gasteiger partial charge in [-0.3, -0.25) is 0 Å². The maximum Gasteiger partial charge on any atom is 0.0857 e. The van der Waals surface area contributed by atoms with Crippen molar-refractivity contribution in [1.29, 1.82) is 0 Å². The Labute approximate surface area is 86.8 Å². The fourth-order valence-corrected chi connectivity index (χ4v) is 2.32. The maximum atomic E-state index is 5.86. The lowest BCUT2D eigenvalue weighted by molar-refractivity contribution is -0.0421. The van der Waals surface area contributed by atoms with Gasteiger partial charge in [0.25, 0.3) is 0 Å². The van der Waals surface area contributed by atoms with E-state index in [0.717, 1.165) is 32.2 Å². The minimum absolute atomic E-state index is 0.418. The average molecular weight is 198 g/mol. The molecular weight excluding hydrogens is 176 g/mol. The first kappa shape index (κ1) is 10.4. The molecule has 1 heterocycles. The second-order valence-corrected chi connectivity index (χ2v) is 4.59. The molecule has 2 unspecified atom stereocenters. The number of rotatable bonds is 4. The van der Waals surface area contributed by atoms with E-state index in [1.54, 1.807) is 0 Å². The molecule has 1 saturated carbocycles. The van der Waals surface area contributed by atoms with Crippen LogP contribution >= 0.6 is 0 Å². The lowest BCUT2D eigenvalue weighted by Crippen LogP contribution is -2.52. The van der Waals surface area contributed by atoms with Crippen molar-refractivity contribution in [3.63, 3.8) is 0 Å². The molecule has 0 amide bonds. The molecule has 2 fully saturated rings. The van der Waals surface area contributed by atoms with E-state index in [9.17, 15) is 0 Å². The molecule has 2 rings (SSSR count). The molecule has 0 bridgehead atoms. The van der Waals surface area contributed by atoms with Crippen molar-refractivity contribution in [3.05, 3.63) is 0 Å². The van der Waals surface area contributed by atoms with Gasteiger partial charge < -0.3 is 15.0 Å². The van der Waals surface area contributed by atoms with E-state index in [-0.39, 0.29) is 0 Å². The summed E-state index contributed by atoms with van der Waals surface area (Å²) in [6.45, 7) is 6.32. The normalized spacial score (nSPS) is 31.7. The summed E-state index contributed by atoms with van der Waals surface area (Å²) in [7, 11) is 2.19. The first-order chi connectivity index (χ1) is 6.81. The smallest absolute Gasteiger partial charge is 0.0857 e. The molecule has 3 nitrogen and oxygen atoms in total. The zero-order chi connectivity index (χ0) is 9.97. The molecule has 1 saturated heterocycles. The highest BCUT2D eigenvalue weighted by atomic mass is 16.5. The van der Waals surface area contributed by atoms with Gasteiger partial charge >= 0.3 is 0 Å². The number of nitrogens with one attached hydrogen (secondary N) is 1. The molecule has 3 heteroatoms. The molecule has 2 aliphatic rings. The molecule has 0 aromatic heterocycles. The van der Waals surface area contributed by atoms with Crippen molar-refractivity contribution in [2.75, 3.05) is 33.3 Å². The fourth-order valence-electron chi connectivity index (χ4n) is 2.32. The monoisotopic (exact) mass is 198 g/mol. The summed E-state index contributed by atoms with van der Waals surface area (Å²) in [4.78, 5) is 2.38. The van der Waals surface area contributed by atoms with Gasteiger partial charge in [-0.15, -0.1) is 0 Å². The lowest BCUT2D eigenvalue weighted by atomic mass is 10.0. The van der Waals surface area contributed by atoms with Gasteiger partial charge in [-0.25, -0.2) is 0 Å². The standard InChI is InChI=1S/C11H22N2O/c1-3-12-11(9-4-5-9)10-8-13(2)6-7-14-10/h9-12H,3-8H2,1-2H3. The minimum Gasteiger partial charge on any atom is -0.374 e. The number of likely N-dealkylation sites (N-methyl/N-ethyl adjacent to an activating group) is 2. The topological polar surface area (TPSA) is 24.5 Å². The maximum absolute atomic E-state index is 5.86. The molecule has 0 aromatic rings. The van der Waals surface area contributed by atoms with Gasteiger partial charge in [0, 0.05) is 19.1 Å². The third-order valence-electron chi connectivity index (χ3n) is 3.27. The van der Waals surface area contributed by atoms with Gasteiger partial charge in [0.15, 0.2) is 0 Å². The minimum atomic E-state index is 0.418. The van der Waals surface area contributed by atoms with E-state index in [0.29, 0.717) is 12.1 Å². The largest absolute Gasteiger partial charge is 0.374 e. The Morgan fingerprint density at radius 2 is 2.29 bits per heavy atom. The Bertz CT molecular complexity index is 182. The van der Waals surface area contributed by atoms with Crippen molar-refractivity contribution >= 4 is 0 Å². The van der Waals surface area contributed by atoms with Gasteiger partial charge in [0.1, 0.15) is 0 Å². The molecule has 82 valence electrons. The second-order valence-electron chi connectivity index (χ2n) is 4.59.